The van der Waals surface area contributed by atoms with Crippen molar-refractivity contribution in [3.05, 3.63) is 23.3 Å². The van der Waals surface area contributed by atoms with E-state index in [1.54, 1.807) is 6.07 Å². The van der Waals surface area contributed by atoms with Crippen molar-refractivity contribution in [3.8, 4) is 5.75 Å². The van der Waals surface area contributed by atoms with Gasteiger partial charge in [0.25, 0.3) is 0 Å². The first kappa shape index (κ1) is 10.4. The summed E-state index contributed by atoms with van der Waals surface area (Å²) in [6, 6.07) is 3.04. The molecule has 0 heterocycles. The number of nitrogens with two attached hydrogens (primary N) is 1. The van der Waals surface area contributed by atoms with Crippen LogP contribution in [-0.4, -0.2) is 18.2 Å². The van der Waals surface area contributed by atoms with Crippen LogP contribution in [0.2, 0.25) is 0 Å². The zero-order chi connectivity index (χ0) is 10.7. The SMILES string of the molecule is CCc1cc(N)cc(C(=O)OC)c1O. The number of carbonyl (C=O) groups excluding carboxylic acids is 1. The number of rotatable bonds is 2. The number of aromatic hydroxyl groups is 1. The van der Waals surface area contributed by atoms with E-state index in [2.05, 4.69) is 4.74 Å². The molecule has 0 radical (unpaired) electrons. The van der Waals surface area contributed by atoms with Crippen LogP contribution in [0.5, 0.6) is 5.75 Å². The molecule has 3 N–H and O–H groups in total. The molecular formula is C10H13NO3. The standard InChI is InChI=1S/C10H13NO3/c1-3-6-4-7(11)5-8(9(6)12)10(13)14-2/h4-5,12H,3,11H2,1-2H3. The van der Waals surface area contributed by atoms with Crippen LogP contribution < -0.4 is 5.73 Å². The van der Waals surface area contributed by atoms with Gasteiger partial charge >= 0.3 is 5.97 Å². The number of esters is 1. The number of hydrogen-bond donors (Lipinski definition) is 2. The quantitative estimate of drug-likeness (QED) is 0.424. The summed E-state index contributed by atoms with van der Waals surface area (Å²) in [4.78, 5) is 11.2. The van der Waals surface area contributed by atoms with E-state index in [1.165, 1.54) is 13.2 Å². The largest absolute Gasteiger partial charge is 0.507 e. The predicted molar refractivity (Wildman–Crippen MR) is 53.2 cm³/mol. The molecule has 0 amide bonds. The molecule has 0 unspecified atom stereocenters. The van der Waals surface area contributed by atoms with E-state index in [1.807, 2.05) is 6.92 Å². The van der Waals surface area contributed by atoms with Crippen molar-refractivity contribution >= 4 is 11.7 Å². The van der Waals surface area contributed by atoms with E-state index in [0.717, 1.165) is 0 Å². The molecule has 0 saturated carbocycles. The second kappa shape index (κ2) is 4.00. The van der Waals surface area contributed by atoms with Crippen LogP contribution in [0.25, 0.3) is 0 Å². The summed E-state index contributed by atoms with van der Waals surface area (Å²) in [5.41, 5.74) is 6.78. The Bertz CT molecular complexity index is 361. The van der Waals surface area contributed by atoms with Crippen LogP contribution in [0.15, 0.2) is 12.1 Å². The predicted octanol–water partition coefficient (Wildman–Crippen LogP) is 1.32. The van der Waals surface area contributed by atoms with Crippen LogP contribution in [0, 0.1) is 0 Å². The van der Waals surface area contributed by atoms with Gasteiger partial charge in [-0.3, -0.25) is 0 Å². The zero-order valence-corrected chi connectivity index (χ0v) is 8.20. The van der Waals surface area contributed by atoms with Crippen LogP contribution in [0.4, 0.5) is 5.69 Å². The Balaban J connectivity index is 3.29. The van der Waals surface area contributed by atoms with E-state index in [9.17, 15) is 9.90 Å². The smallest absolute Gasteiger partial charge is 0.341 e. The maximum atomic E-state index is 11.2. The minimum atomic E-state index is -0.579. The van der Waals surface area contributed by atoms with Gasteiger partial charge in [0.1, 0.15) is 11.3 Å². The van der Waals surface area contributed by atoms with Crippen molar-refractivity contribution in [2.45, 2.75) is 13.3 Å². The molecule has 0 aliphatic heterocycles. The van der Waals surface area contributed by atoms with Crippen LogP contribution in [0.3, 0.4) is 0 Å². The molecule has 0 spiro atoms. The first-order chi connectivity index (χ1) is 6.60. The van der Waals surface area contributed by atoms with Crippen molar-refractivity contribution in [1.29, 1.82) is 0 Å². The summed E-state index contributed by atoms with van der Waals surface area (Å²) in [7, 11) is 1.26. The molecule has 4 heteroatoms. The van der Waals surface area contributed by atoms with Crippen LogP contribution >= 0.6 is 0 Å². The molecule has 4 nitrogen and oxygen atoms in total. The molecule has 1 aromatic carbocycles. The van der Waals surface area contributed by atoms with E-state index in [-0.39, 0.29) is 11.3 Å². The minimum absolute atomic E-state index is 0.0476. The van der Waals surface area contributed by atoms with Gasteiger partial charge in [0.2, 0.25) is 0 Å². The highest BCUT2D eigenvalue weighted by Crippen LogP contribution is 2.26. The molecule has 0 fully saturated rings. The molecule has 0 bridgehead atoms. The van der Waals surface area contributed by atoms with Gasteiger partial charge in [-0.25, -0.2) is 4.79 Å². The number of methoxy groups -OCH3 is 1. The summed E-state index contributed by atoms with van der Waals surface area (Å²) in [5.74, 6) is -0.627. The molecule has 1 rings (SSSR count). The molecule has 0 aliphatic carbocycles. The lowest BCUT2D eigenvalue weighted by molar-refractivity contribution is 0.0597. The number of nitrogen functional groups attached to an aromatic ring is 1. The maximum Gasteiger partial charge on any atom is 0.341 e. The molecule has 0 aliphatic rings. The van der Waals surface area contributed by atoms with Gasteiger partial charge < -0.3 is 15.6 Å². The topological polar surface area (TPSA) is 72.6 Å². The Morgan fingerprint density at radius 3 is 2.71 bits per heavy atom. The maximum absolute atomic E-state index is 11.2. The Hall–Kier alpha value is -1.71. The minimum Gasteiger partial charge on any atom is -0.507 e. The van der Waals surface area contributed by atoms with Crippen molar-refractivity contribution in [2.75, 3.05) is 12.8 Å². The normalized spacial score (nSPS) is 9.86. The Morgan fingerprint density at radius 2 is 2.21 bits per heavy atom. The number of phenols is 1. The number of phenolic OH excluding ortho intramolecular Hbond substituents is 1. The monoisotopic (exact) mass is 195 g/mol. The van der Waals surface area contributed by atoms with E-state index < -0.39 is 5.97 Å². The second-order valence-electron chi connectivity index (χ2n) is 2.92. The summed E-state index contributed by atoms with van der Waals surface area (Å²) >= 11 is 0. The summed E-state index contributed by atoms with van der Waals surface area (Å²) in [6.45, 7) is 1.87. The average molecular weight is 195 g/mol. The van der Waals surface area contributed by atoms with Crippen molar-refractivity contribution in [2.24, 2.45) is 0 Å². The first-order valence-electron chi connectivity index (χ1n) is 4.29. The average Bonchev–Trinajstić information content (AvgIpc) is 2.19. The third-order valence-corrected chi connectivity index (χ3v) is 2.00. The summed E-state index contributed by atoms with van der Waals surface area (Å²) in [6.07, 6.45) is 0.612. The lowest BCUT2D eigenvalue weighted by atomic mass is 10.1. The number of hydrogen-bond acceptors (Lipinski definition) is 4. The number of anilines is 1. The Labute approximate surface area is 82.3 Å². The third kappa shape index (κ3) is 1.79. The number of aryl methyl sites for hydroxylation is 1. The highest BCUT2D eigenvalue weighted by molar-refractivity contribution is 5.94. The number of carbonyl (C=O) groups is 1. The fraction of sp³-hybridized carbons (Fsp3) is 0.300. The van der Waals surface area contributed by atoms with E-state index >= 15 is 0 Å². The summed E-state index contributed by atoms with van der Waals surface area (Å²) in [5, 5.41) is 9.66. The molecule has 76 valence electrons. The Kier molecular flexibility index (Phi) is 2.96. The van der Waals surface area contributed by atoms with Gasteiger partial charge in [0, 0.05) is 5.69 Å². The number of benzene rings is 1. The number of ether oxygens (including phenoxy) is 1. The van der Waals surface area contributed by atoms with Gasteiger partial charge in [0.05, 0.1) is 7.11 Å². The van der Waals surface area contributed by atoms with Gasteiger partial charge in [-0.15, -0.1) is 0 Å². The lowest BCUT2D eigenvalue weighted by Crippen LogP contribution is -2.04. The van der Waals surface area contributed by atoms with Crippen molar-refractivity contribution < 1.29 is 14.6 Å². The summed E-state index contributed by atoms with van der Waals surface area (Å²) < 4.78 is 4.52. The lowest BCUT2D eigenvalue weighted by Gasteiger charge is -2.08. The fourth-order valence-corrected chi connectivity index (χ4v) is 1.25. The molecule has 0 saturated heterocycles. The zero-order valence-electron chi connectivity index (χ0n) is 8.20. The van der Waals surface area contributed by atoms with Crippen molar-refractivity contribution in [3.63, 3.8) is 0 Å². The van der Waals surface area contributed by atoms with Gasteiger partial charge in [-0.2, -0.15) is 0 Å². The fourth-order valence-electron chi connectivity index (χ4n) is 1.25. The first-order valence-corrected chi connectivity index (χ1v) is 4.29. The molecule has 1 aromatic rings. The Morgan fingerprint density at radius 1 is 1.57 bits per heavy atom. The molecule has 0 aromatic heterocycles. The van der Waals surface area contributed by atoms with Gasteiger partial charge in [-0.1, -0.05) is 6.92 Å². The van der Waals surface area contributed by atoms with Crippen LogP contribution in [-0.2, 0) is 11.2 Å². The van der Waals surface area contributed by atoms with E-state index in [0.29, 0.717) is 17.7 Å². The highest BCUT2D eigenvalue weighted by Gasteiger charge is 2.14. The van der Waals surface area contributed by atoms with E-state index in [4.69, 9.17) is 5.73 Å². The molecule has 14 heavy (non-hydrogen) atoms. The highest BCUT2D eigenvalue weighted by atomic mass is 16.5. The third-order valence-electron chi connectivity index (χ3n) is 2.00. The van der Waals surface area contributed by atoms with Gasteiger partial charge in [0.15, 0.2) is 0 Å². The molecular weight excluding hydrogens is 182 g/mol. The van der Waals surface area contributed by atoms with Gasteiger partial charge in [-0.05, 0) is 24.1 Å². The van der Waals surface area contributed by atoms with Crippen LogP contribution in [0.1, 0.15) is 22.8 Å². The second-order valence-corrected chi connectivity index (χ2v) is 2.92. The van der Waals surface area contributed by atoms with Crippen molar-refractivity contribution in [1.82, 2.24) is 0 Å². The molecule has 0 atom stereocenters.